The van der Waals surface area contributed by atoms with Crippen molar-refractivity contribution in [2.75, 3.05) is 76.3 Å². The van der Waals surface area contributed by atoms with Gasteiger partial charge in [0.25, 0.3) is 5.91 Å². The molecule has 39 heavy (non-hydrogen) atoms. The molecule has 2 aromatic heterocycles. The first-order valence-corrected chi connectivity index (χ1v) is 13.4. The summed E-state index contributed by atoms with van der Waals surface area (Å²) >= 11 is 0. The molecule has 6 rings (SSSR count). The third-order valence-corrected chi connectivity index (χ3v) is 7.44. The number of hydrogen-bond acceptors (Lipinski definition) is 8. The van der Waals surface area contributed by atoms with E-state index in [-0.39, 0.29) is 0 Å². The normalized spacial score (nSPS) is 17.0. The summed E-state index contributed by atoms with van der Waals surface area (Å²) in [6, 6.07) is 13.7. The Hall–Kier alpha value is -3.99. The molecule has 10 heteroatoms. The summed E-state index contributed by atoms with van der Waals surface area (Å²) in [6.45, 7) is 8.09. The highest BCUT2D eigenvalue weighted by atomic mass is 16.5. The molecule has 0 saturated carbocycles. The fourth-order valence-corrected chi connectivity index (χ4v) is 5.24. The van der Waals surface area contributed by atoms with Crippen LogP contribution in [0.2, 0.25) is 0 Å². The highest BCUT2D eigenvalue weighted by Crippen LogP contribution is 2.33. The topological polar surface area (TPSA) is 135 Å². The Labute approximate surface area is 226 Å². The minimum absolute atomic E-state index is 0.400. The van der Waals surface area contributed by atoms with Crippen LogP contribution in [0.1, 0.15) is 15.9 Å². The minimum atomic E-state index is -0.510. The van der Waals surface area contributed by atoms with E-state index >= 15 is 0 Å². The largest absolute Gasteiger partial charge is 0.398 e. The number of nitrogens with two attached hydrogens (primary N) is 2. The number of primary amides is 1. The SMILES string of the molecule is NC(=O)c1cc(-c2ccc(N)c(C=NCCN3CCOCC3)c2)nc2c1[nH]c1cc(N3CCOCC3)ccc12. The summed E-state index contributed by atoms with van der Waals surface area (Å²) in [5, 5.41) is 0.937. The second-order valence-electron chi connectivity index (χ2n) is 9.93. The van der Waals surface area contributed by atoms with E-state index in [9.17, 15) is 4.79 Å². The lowest BCUT2D eigenvalue weighted by Crippen LogP contribution is -2.37. The number of aromatic amines is 1. The number of carbonyl (C=O) groups is 1. The molecule has 10 nitrogen and oxygen atoms in total. The van der Waals surface area contributed by atoms with Gasteiger partial charge >= 0.3 is 0 Å². The van der Waals surface area contributed by atoms with Gasteiger partial charge in [0.2, 0.25) is 0 Å². The van der Waals surface area contributed by atoms with Crippen molar-refractivity contribution in [2.45, 2.75) is 0 Å². The Balaban J connectivity index is 1.32. The zero-order valence-corrected chi connectivity index (χ0v) is 21.9. The van der Waals surface area contributed by atoms with Crippen LogP contribution in [0.3, 0.4) is 0 Å². The average molecular weight is 528 g/mol. The van der Waals surface area contributed by atoms with Gasteiger partial charge in [-0.15, -0.1) is 0 Å². The van der Waals surface area contributed by atoms with E-state index < -0.39 is 5.91 Å². The first-order chi connectivity index (χ1) is 19.1. The lowest BCUT2D eigenvalue weighted by Gasteiger charge is -2.28. The molecular weight excluding hydrogens is 494 g/mol. The number of benzene rings is 2. The third kappa shape index (κ3) is 5.31. The molecule has 0 radical (unpaired) electrons. The van der Waals surface area contributed by atoms with Crippen molar-refractivity contribution in [1.82, 2.24) is 14.9 Å². The summed E-state index contributed by atoms with van der Waals surface area (Å²) in [5.41, 5.74) is 18.8. The molecule has 2 aliphatic rings. The van der Waals surface area contributed by atoms with Gasteiger partial charge in [0.05, 0.1) is 60.8 Å². The van der Waals surface area contributed by atoms with Gasteiger partial charge in [0.15, 0.2) is 0 Å². The zero-order chi connectivity index (χ0) is 26.8. The van der Waals surface area contributed by atoms with E-state index in [0.29, 0.717) is 47.7 Å². The number of amides is 1. The van der Waals surface area contributed by atoms with Crippen molar-refractivity contribution < 1.29 is 14.3 Å². The number of nitrogens with zero attached hydrogens (tertiary/aromatic N) is 4. The summed E-state index contributed by atoms with van der Waals surface area (Å²) in [7, 11) is 0. The number of carbonyl (C=O) groups excluding carboxylic acids is 1. The lowest BCUT2D eigenvalue weighted by atomic mass is 10.0. The van der Waals surface area contributed by atoms with Crippen LogP contribution in [0.15, 0.2) is 47.5 Å². The van der Waals surface area contributed by atoms with Crippen LogP contribution in [0.4, 0.5) is 11.4 Å². The molecule has 1 amide bonds. The van der Waals surface area contributed by atoms with Crippen molar-refractivity contribution in [2.24, 2.45) is 10.7 Å². The fourth-order valence-electron chi connectivity index (χ4n) is 5.24. The number of nitrogens with one attached hydrogen (secondary N) is 1. The number of rotatable bonds is 7. The van der Waals surface area contributed by atoms with Crippen LogP contribution in [0.5, 0.6) is 0 Å². The molecular formula is C29H33N7O3. The first kappa shape index (κ1) is 25.3. The molecule has 2 saturated heterocycles. The highest BCUT2D eigenvalue weighted by Gasteiger charge is 2.18. The van der Waals surface area contributed by atoms with Crippen LogP contribution < -0.4 is 16.4 Å². The van der Waals surface area contributed by atoms with Gasteiger partial charge in [-0.1, -0.05) is 6.07 Å². The number of aliphatic imine (C=N–C) groups is 1. The number of aromatic nitrogens is 2. The predicted octanol–water partition coefficient (Wildman–Crippen LogP) is 2.65. The van der Waals surface area contributed by atoms with Crippen LogP contribution >= 0.6 is 0 Å². The molecule has 0 spiro atoms. The molecule has 2 aliphatic heterocycles. The van der Waals surface area contributed by atoms with E-state index in [1.165, 1.54) is 0 Å². The Kier molecular flexibility index (Phi) is 7.14. The van der Waals surface area contributed by atoms with Gasteiger partial charge < -0.3 is 30.8 Å². The van der Waals surface area contributed by atoms with E-state index in [1.54, 1.807) is 6.07 Å². The van der Waals surface area contributed by atoms with E-state index in [2.05, 4.69) is 38.0 Å². The highest BCUT2D eigenvalue weighted by molar-refractivity contribution is 6.14. The summed E-state index contributed by atoms with van der Waals surface area (Å²) in [5.74, 6) is -0.510. The lowest BCUT2D eigenvalue weighted by molar-refractivity contribution is 0.0395. The maximum Gasteiger partial charge on any atom is 0.250 e. The standard InChI is InChI=1S/C29H33N7O3/c30-24-4-1-19(15-20(24)18-32-5-6-35-7-11-38-12-8-35)25-17-23(29(31)37)28-27(33-25)22-3-2-21(16-26(22)34-28)36-9-13-39-14-10-36/h1-4,15-18,34H,5-14,30H2,(H2,31,37). The smallest absolute Gasteiger partial charge is 0.250 e. The minimum Gasteiger partial charge on any atom is -0.398 e. The van der Waals surface area contributed by atoms with Crippen molar-refractivity contribution in [3.05, 3.63) is 53.6 Å². The van der Waals surface area contributed by atoms with Crippen molar-refractivity contribution in [3.63, 3.8) is 0 Å². The Morgan fingerprint density at radius 3 is 2.56 bits per heavy atom. The number of hydrogen-bond donors (Lipinski definition) is 3. The summed E-state index contributed by atoms with van der Waals surface area (Å²) < 4.78 is 10.9. The van der Waals surface area contributed by atoms with Gasteiger partial charge in [-0.3, -0.25) is 14.7 Å². The van der Waals surface area contributed by atoms with Gasteiger partial charge in [-0.2, -0.15) is 0 Å². The monoisotopic (exact) mass is 527 g/mol. The second kappa shape index (κ2) is 11.0. The van der Waals surface area contributed by atoms with Crippen LogP contribution in [-0.2, 0) is 9.47 Å². The Morgan fingerprint density at radius 1 is 1.03 bits per heavy atom. The van der Waals surface area contributed by atoms with Gasteiger partial charge in [0.1, 0.15) is 0 Å². The molecule has 2 fully saturated rings. The van der Waals surface area contributed by atoms with Crippen molar-refractivity contribution in [3.8, 4) is 11.3 Å². The number of morpholine rings is 2. The second-order valence-corrected chi connectivity index (χ2v) is 9.93. The van der Waals surface area contributed by atoms with Gasteiger partial charge in [-0.25, -0.2) is 4.98 Å². The maximum absolute atomic E-state index is 12.5. The van der Waals surface area contributed by atoms with E-state index in [1.807, 2.05) is 24.4 Å². The average Bonchev–Trinajstić information content (AvgIpc) is 3.34. The van der Waals surface area contributed by atoms with Crippen molar-refractivity contribution in [1.29, 1.82) is 0 Å². The van der Waals surface area contributed by atoms with Crippen LogP contribution in [0, 0.1) is 0 Å². The van der Waals surface area contributed by atoms with Crippen LogP contribution in [0.25, 0.3) is 33.2 Å². The van der Waals surface area contributed by atoms with Crippen molar-refractivity contribution >= 4 is 45.4 Å². The van der Waals surface area contributed by atoms with Crippen LogP contribution in [-0.4, -0.2) is 92.7 Å². The number of nitrogen functional groups attached to an aromatic ring is 1. The number of fused-ring (bicyclic) bond motifs is 3. The molecule has 0 unspecified atom stereocenters. The third-order valence-electron chi connectivity index (χ3n) is 7.44. The number of anilines is 2. The molecule has 4 heterocycles. The molecule has 0 atom stereocenters. The molecule has 0 aliphatic carbocycles. The molecule has 5 N–H and O–H groups in total. The first-order valence-electron chi connectivity index (χ1n) is 13.4. The number of ether oxygens (including phenoxy) is 2. The molecule has 0 bridgehead atoms. The quantitative estimate of drug-likeness (QED) is 0.248. The Morgan fingerprint density at radius 2 is 1.79 bits per heavy atom. The Bertz CT molecular complexity index is 1540. The summed E-state index contributed by atoms with van der Waals surface area (Å²) in [6.07, 6.45) is 1.81. The predicted molar refractivity (Wildman–Crippen MR) is 155 cm³/mol. The zero-order valence-electron chi connectivity index (χ0n) is 21.9. The van der Waals surface area contributed by atoms with E-state index in [4.69, 9.17) is 25.9 Å². The fraction of sp³-hybridized carbons (Fsp3) is 0.345. The van der Waals surface area contributed by atoms with Gasteiger partial charge in [0, 0.05) is 66.8 Å². The maximum atomic E-state index is 12.5. The number of H-pyrrole nitrogens is 1. The molecule has 202 valence electrons. The molecule has 4 aromatic rings. The number of pyridine rings is 1. The molecule has 2 aromatic carbocycles. The van der Waals surface area contributed by atoms with E-state index in [0.717, 1.165) is 73.7 Å². The summed E-state index contributed by atoms with van der Waals surface area (Å²) in [4.78, 5) is 30.1. The van der Waals surface area contributed by atoms with Gasteiger partial charge in [-0.05, 0) is 36.4 Å².